The molecule has 8 aromatic rings. The summed E-state index contributed by atoms with van der Waals surface area (Å²) in [5, 5.41) is 20.5. The molecule has 8 rings (SSSR count). The van der Waals surface area contributed by atoms with Gasteiger partial charge in [-0.2, -0.15) is 18.3 Å². The zero-order chi connectivity index (χ0) is 45.5. The van der Waals surface area contributed by atoms with E-state index in [1.54, 1.807) is 96.7 Å². The number of carbonyl (C=O) groups excluding carboxylic acids is 3. The molecule has 0 bridgehead atoms. The van der Waals surface area contributed by atoms with Gasteiger partial charge in [-0.05, 0) is 113 Å². The van der Waals surface area contributed by atoms with Crippen molar-refractivity contribution in [2.24, 2.45) is 0 Å². The molecular weight excluding hydrogens is 969 g/mol. The molecule has 6 heterocycles. The molecule has 0 spiro atoms. The maximum absolute atomic E-state index is 12.7. The van der Waals surface area contributed by atoms with Crippen molar-refractivity contribution in [1.82, 2.24) is 30.1 Å². The number of benzene rings is 2. The first-order valence-electron chi connectivity index (χ1n) is 19.3. The van der Waals surface area contributed by atoms with Crippen LogP contribution in [0.5, 0.6) is 17.2 Å². The Hall–Kier alpha value is -6.91. The molecule has 0 atom stereocenters. The van der Waals surface area contributed by atoms with Crippen LogP contribution < -0.4 is 19.3 Å². The van der Waals surface area contributed by atoms with Crippen LogP contribution in [0.4, 0.5) is 13.2 Å². The van der Waals surface area contributed by atoms with Crippen LogP contribution in [0, 0.1) is 0 Å². The van der Waals surface area contributed by atoms with Gasteiger partial charge in [-0.1, -0.05) is 44.1 Å². The first-order chi connectivity index (χ1) is 31.1. The molecule has 0 saturated heterocycles. The molecule has 330 valence electrons. The fourth-order valence-electron chi connectivity index (χ4n) is 6.65. The number of thiocarbonyl (C=S) groups is 1. The second-order valence-electron chi connectivity index (χ2n) is 13.5. The summed E-state index contributed by atoms with van der Waals surface area (Å²) in [5.74, 6) is 1.06. The zero-order valence-corrected chi connectivity index (χ0v) is 37.4. The number of aromatic nitrogens is 6. The van der Waals surface area contributed by atoms with E-state index in [9.17, 15) is 27.6 Å². The first-order valence-corrected chi connectivity index (χ1v) is 20.6. The van der Waals surface area contributed by atoms with Gasteiger partial charge in [0.1, 0.15) is 22.9 Å². The van der Waals surface area contributed by atoms with Gasteiger partial charge in [0.15, 0.2) is 0 Å². The minimum Gasteiger partial charge on any atom is -0.753 e. The number of carbonyl (C=O) groups is 3. The van der Waals surface area contributed by atoms with Crippen molar-refractivity contribution in [2.75, 3.05) is 0 Å². The van der Waals surface area contributed by atoms with Crippen LogP contribution >= 0.6 is 23.6 Å². The average molecular weight is 1000 g/mol. The third-order valence-electron chi connectivity index (χ3n) is 9.47. The maximum atomic E-state index is 12.7. The molecule has 0 amide bonds. The number of thiophene rings is 1. The van der Waals surface area contributed by atoms with Crippen LogP contribution in [-0.4, -0.2) is 49.6 Å². The summed E-state index contributed by atoms with van der Waals surface area (Å²) in [5.41, 5.74) is 3.75. The molecule has 0 unspecified atom stereocenters. The van der Waals surface area contributed by atoms with Crippen molar-refractivity contribution < 1.29 is 61.2 Å². The van der Waals surface area contributed by atoms with Crippen molar-refractivity contribution >= 4 is 69.7 Å². The molecule has 19 heteroatoms. The van der Waals surface area contributed by atoms with Gasteiger partial charge in [-0.3, -0.25) is 29.3 Å². The van der Waals surface area contributed by atoms with E-state index in [4.69, 9.17) is 24.6 Å². The largest absolute Gasteiger partial charge is 2.00 e. The predicted molar refractivity (Wildman–Crippen MR) is 239 cm³/mol. The summed E-state index contributed by atoms with van der Waals surface area (Å²) in [6, 6.07) is 23.8. The molecular formula is C46H34F3N7O6RuS2. The van der Waals surface area contributed by atoms with Crippen LogP contribution in [0.1, 0.15) is 43.9 Å². The Bertz CT molecular complexity index is 2830. The number of fused-ring (bicyclic) bond motifs is 2. The Morgan fingerprint density at radius 3 is 1.83 bits per heavy atom. The zero-order valence-electron chi connectivity index (χ0n) is 34.0. The molecule has 6 aromatic heterocycles. The van der Waals surface area contributed by atoms with Gasteiger partial charge in [-0.15, -0.1) is 11.3 Å². The van der Waals surface area contributed by atoms with Gasteiger partial charge in [0, 0.05) is 46.4 Å². The number of hydrogen-bond donors (Lipinski definition) is 0. The number of halogens is 3. The van der Waals surface area contributed by atoms with E-state index in [1.165, 1.54) is 30.0 Å². The average Bonchev–Trinajstić information content (AvgIpc) is 4.00. The number of aryl methyl sites for hydroxylation is 1. The normalized spacial score (nSPS) is 10.6. The Kier molecular flexibility index (Phi) is 17.9. The number of pyridine rings is 4. The molecule has 0 aliphatic heterocycles. The van der Waals surface area contributed by atoms with Crippen LogP contribution in [0.3, 0.4) is 0 Å². The standard InChI is InChI=1S/C26H15N3O6.C19H19F3N3S.CNS.Ru/c30-13-33-18-1-3-21-16(9-18)5-7-27-25(21)23-11-20(35-15-32)12-24(29-23)26-22-4-2-19(34-14-31)10-17(22)6-8-28-26;1-2-3-4-5-6-13-8-10-26-18(13)14-7-9-23-15(11-14)16-12-17(25-24-16)19(20,21)22;2-1-3;/h1-15H;7-12H,2-6H2,1H3;;/q;2*-1;+2. The molecule has 0 aliphatic rings. The molecule has 65 heavy (non-hydrogen) atoms. The molecule has 0 aliphatic carbocycles. The van der Waals surface area contributed by atoms with Crippen LogP contribution in [0.2, 0.25) is 0 Å². The summed E-state index contributed by atoms with van der Waals surface area (Å²) in [4.78, 5) is 51.6. The minimum absolute atomic E-state index is 0. The van der Waals surface area contributed by atoms with E-state index in [1.807, 2.05) is 6.07 Å². The number of hydrogen-bond acceptors (Lipinski definition) is 13. The van der Waals surface area contributed by atoms with Crippen molar-refractivity contribution in [2.45, 2.75) is 45.2 Å². The van der Waals surface area contributed by atoms with Crippen LogP contribution in [0.15, 0.2) is 109 Å². The van der Waals surface area contributed by atoms with Gasteiger partial charge in [0.2, 0.25) is 0 Å². The predicted octanol–water partition coefficient (Wildman–Crippen LogP) is 10.7. The van der Waals surface area contributed by atoms with Gasteiger partial charge in [0.05, 0.1) is 28.5 Å². The van der Waals surface area contributed by atoms with Crippen molar-refractivity contribution in [3.8, 4) is 61.9 Å². The number of unbranched alkanes of at least 4 members (excludes halogenated alkanes) is 3. The van der Waals surface area contributed by atoms with E-state index < -0.39 is 11.9 Å². The smallest absolute Gasteiger partial charge is 0.753 e. The van der Waals surface area contributed by atoms with E-state index in [0.717, 1.165) is 50.9 Å². The van der Waals surface area contributed by atoms with E-state index >= 15 is 0 Å². The monoisotopic (exact) mass is 1000 g/mol. The van der Waals surface area contributed by atoms with E-state index in [2.05, 4.69) is 55.7 Å². The minimum atomic E-state index is -4.50. The van der Waals surface area contributed by atoms with Crippen molar-refractivity contribution in [1.29, 1.82) is 0 Å². The van der Waals surface area contributed by atoms with Crippen LogP contribution in [-0.2, 0) is 46.5 Å². The Morgan fingerprint density at radius 2 is 1.29 bits per heavy atom. The van der Waals surface area contributed by atoms with Gasteiger partial charge in [-0.25, -0.2) is 4.98 Å². The summed E-state index contributed by atoms with van der Waals surface area (Å²) in [6.07, 6.45) is 6.11. The summed E-state index contributed by atoms with van der Waals surface area (Å²) >= 11 is 5.34. The second-order valence-corrected chi connectivity index (χ2v) is 14.6. The van der Waals surface area contributed by atoms with Crippen LogP contribution in [0.25, 0.3) is 71.6 Å². The molecule has 13 nitrogen and oxygen atoms in total. The van der Waals surface area contributed by atoms with Gasteiger partial charge < -0.3 is 29.8 Å². The fraction of sp³-hybridized carbons (Fsp3) is 0.152. The second kappa shape index (κ2) is 23.7. The SMILES string of the molecule is CCCCCCc1ccsc1-c1ccnc(-c2cc(C(F)(F)F)n[n-]2)c1.O=COc1cc(-c2nccc3cc(OC=O)ccc23)nc(-c2nccc3cc(OC=O)ccc23)c1.[N-]=C=S.[Ru+2]. The third kappa shape index (κ3) is 12.6. The van der Waals surface area contributed by atoms with E-state index in [0.29, 0.717) is 59.4 Å². The van der Waals surface area contributed by atoms with Crippen molar-refractivity contribution in [3.05, 3.63) is 126 Å². The Morgan fingerprint density at radius 1 is 0.723 bits per heavy atom. The molecule has 0 saturated carbocycles. The molecule has 0 N–H and O–H groups in total. The topological polar surface area (TPSA) is 180 Å². The summed E-state index contributed by atoms with van der Waals surface area (Å²) < 4.78 is 53.2. The number of ether oxygens (including phenoxy) is 3. The fourth-order valence-corrected chi connectivity index (χ4v) is 7.60. The first kappa shape index (κ1) is 49.1. The maximum Gasteiger partial charge on any atom is 2.00 e. The van der Waals surface area contributed by atoms with E-state index in [-0.39, 0.29) is 30.9 Å². The molecule has 0 fully saturated rings. The summed E-state index contributed by atoms with van der Waals surface area (Å²) in [6.45, 7) is 3.25. The quantitative estimate of drug-likeness (QED) is 0.0312. The summed E-state index contributed by atoms with van der Waals surface area (Å²) in [7, 11) is 0. The van der Waals surface area contributed by atoms with Gasteiger partial charge >= 0.3 is 25.7 Å². The Labute approximate surface area is 391 Å². The number of nitrogens with zero attached hydrogens (tertiary/aromatic N) is 7. The van der Waals surface area contributed by atoms with Gasteiger partial charge in [0.25, 0.3) is 19.4 Å². The Balaban J connectivity index is 0.000000236. The molecule has 2 aromatic carbocycles. The number of alkyl halides is 3. The van der Waals surface area contributed by atoms with Crippen molar-refractivity contribution in [3.63, 3.8) is 0 Å². The number of isothiocyanates is 1. The molecule has 0 radical (unpaired) electrons. The third-order valence-corrected chi connectivity index (χ3v) is 10.5. The number of rotatable bonds is 15.